The highest BCUT2D eigenvalue weighted by Gasteiger charge is 2.30. The molecule has 0 aliphatic carbocycles. The smallest absolute Gasteiger partial charge is 0.320 e. The number of aromatic nitrogens is 3. The van der Waals surface area contributed by atoms with Crippen LogP contribution in [-0.4, -0.2) is 57.0 Å². The number of likely N-dealkylation sites (tertiary alicyclic amines) is 2. The summed E-state index contributed by atoms with van der Waals surface area (Å²) in [6, 6.07) is 4.35. The van der Waals surface area contributed by atoms with Gasteiger partial charge in [0.1, 0.15) is 5.65 Å². The average Bonchev–Trinajstić information content (AvgIpc) is 3.18. The Kier molecular flexibility index (Phi) is 4.41. The van der Waals surface area contributed by atoms with Gasteiger partial charge in [-0.2, -0.15) is 0 Å². The number of carbonyl (C=O) groups excluding carboxylic acids is 1. The fraction of sp³-hybridized carbons (Fsp3) is 0.500. The molecule has 1 atom stereocenters. The Balaban J connectivity index is 1.35. The SMILES string of the molecule is CC1CCCN(C(=O)N2CCC(c3c[nH]c4ncc5ncccc5c34)CC2)C1. The van der Waals surface area contributed by atoms with Crippen molar-refractivity contribution in [3.63, 3.8) is 0 Å². The fourth-order valence-corrected chi connectivity index (χ4v) is 4.94. The summed E-state index contributed by atoms with van der Waals surface area (Å²) in [7, 11) is 0. The lowest BCUT2D eigenvalue weighted by Crippen LogP contribution is -2.49. The zero-order valence-electron chi connectivity index (χ0n) is 16.4. The van der Waals surface area contributed by atoms with E-state index in [0.717, 1.165) is 62.0 Å². The summed E-state index contributed by atoms with van der Waals surface area (Å²) in [5.41, 5.74) is 3.18. The van der Waals surface area contributed by atoms with E-state index in [-0.39, 0.29) is 6.03 Å². The number of hydrogen-bond donors (Lipinski definition) is 1. The lowest BCUT2D eigenvalue weighted by molar-refractivity contribution is 0.121. The quantitative estimate of drug-likeness (QED) is 0.693. The molecule has 146 valence electrons. The normalized spacial score (nSPS) is 21.5. The lowest BCUT2D eigenvalue weighted by atomic mass is 9.89. The number of nitrogens with zero attached hydrogens (tertiary/aromatic N) is 4. The molecule has 2 aliphatic heterocycles. The molecule has 28 heavy (non-hydrogen) atoms. The molecule has 5 rings (SSSR count). The summed E-state index contributed by atoms with van der Waals surface area (Å²) >= 11 is 0. The molecule has 2 saturated heterocycles. The Morgan fingerprint density at radius 1 is 1.14 bits per heavy atom. The topological polar surface area (TPSA) is 65.1 Å². The van der Waals surface area contributed by atoms with Crippen molar-refractivity contribution in [1.29, 1.82) is 0 Å². The maximum absolute atomic E-state index is 12.9. The van der Waals surface area contributed by atoms with E-state index in [1.54, 1.807) is 0 Å². The van der Waals surface area contributed by atoms with Crippen molar-refractivity contribution in [1.82, 2.24) is 24.8 Å². The third-order valence-corrected chi connectivity index (χ3v) is 6.45. The van der Waals surface area contributed by atoms with Crippen molar-refractivity contribution in [3.05, 3.63) is 36.3 Å². The van der Waals surface area contributed by atoms with Gasteiger partial charge in [-0.25, -0.2) is 9.78 Å². The number of fused-ring (bicyclic) bond motifs is 3. The number of rotatable bonds is 1. The molecule has 3 aromatic heterocycles. The van der Waals surface area contributed by atoms with Gasteiger partial charge >= 0.3 is 6.03 Å². The van der Waals surface area contributed by atoms with Gasteiger partial charge in [0.15, 0.2) is 0 Å². The summed E-state index contributed by atoms with van der Waals surface area (Å²) < 4.78 is 0. The van der Waals surface area contributed by atoms with E-state index in [4.69, 9.17) is 0 Å². The average molecular weight is 377 g/mol. The lowest BCUT2D eigenvalue weighted by Gasteiger charge is -2.38. The van der Waals surface area contributed by atoms with Crippen molar-refractivity contribution < 1.29 is 4.79 Å². The molecule has 2 fully saturated rings. The molecule has 0 spiro atoms. The molecule has 0 saturated carbocycles. The molecule has 6 nitrogen and oxygen atoms in total. The summed E-state index contributed by atoms with van der Waals surface area (Å²) in [5.74, 6) is 1.07. The van der Waals surface area contributed by atoms with Crippen LogP contribution in [0.5, 0.6) is 0 Å². The fourth-order valence-electron chi connectivity index (χ4n) is 4.94. The first-order valence-electron chi connectivity index (χ1n) is 10.5. The van der Waals surface area contributed by atoms with E-state index >= 15 is 0 Å². The Hall–Kier alpha value is -2.63. The summed E-state index contributed by atoms with van der Waals surface area (Å²) in [6.07, 6.45) is 10.1. The maximum Gasteiger partial charge on any atom is 0.320 e. The van der Waals surface area contributed by atoms with E-state index < -0.39 is 0 Å². The number of piperidine rings is 2. The van der Waals surface area contributed by atoms with Crippen LogP contribution in [0.1, 0.15) is 44.1 Å². The number of urea groups is 1. The van der Waals surface area contributed by atoms with Gasteiger partial charge in [0.25, 0.3) is 0 Å². The standard InChI is InChI=1S/C22H27N5O/c1-15-4-3-9-27(14-15)22(28)26-10-6-16(7-11-26)18-12-24-21-20(18)17-5-2-8-23-19(17)13-25-21/h2,5,8,12-13,15-16H,3-4,6-7,9-11,14H2,1H3,(H,24,25). The third kappa shape index (κ3) is 3.01. The van der Waals surface area contributed by atoms with Gasteiger partial charge in [-0.1, -0.05) is 13.0 Å². The van der Waals surface area contributed by atoms with Crippen LogP contribution in [-0.2, 0) is 0 Å². The molecule has 2 amide bonds. The third-order valence-electron chi connectivity index (χ3n) is 6.45. The van der Waals surface area contributed by atoms with Crippen molar-refractivity contribution in [2.75, 3.05) is 26.2 Å². The maximum atomic E-state index is 12.9. The van der Waals surface area contributed by atoms with Crippen molar-refractivity contribution in [2.24, 2.45) is 5.92 Å². The van der Waals surface area contributed by atoms with Crippen LogP contribution in [0.3, 0.4) is 0 Å². The van der Waals surface area contributed by atoms with Crippen LogP contribution < -0.4 is 0 Å². The molecule has 0 radical (unpaired) electrons. The number of carbonyl (C=O) groups is 1. The van der Waals surface area contributed by atoms with E-state index in [9.17, 15) is 4.79 Å². The Morgan fingerprint density at radius 2 is 2.00 bits per heavy atom. The zero-order valence-corrected chi connectivity index (χ0v) is 16.4. The summed E-state index contributed by atoms with van der Waals surface area (Å²) in [5, 5.41) is 2.35. The molecular formula is C22H27N5O. The second-order valence-electron chi connectivity index (χ2n) is 8.40. The monoisotopic (exact) mass is 377 g/mol. The number of nitrogens with one attached hydrogen (secondary N) is 1. The molecule has 3 aromatic rings. The van der Waals surface area contributed by atoms with Crippen LogP contribution >= 0.6 is 0 Å². The number of H-pyrrole nitrogens is 1. The van der Waals surface area contributed by atoms with Crippen LogP contribution in [0.25, 0.3) is 21.9 Å². The van der Waals surface area contributed by atoms with Crippen LogP contribution in [0, 0.1) is 5.92 Å². The molecule has 0 aromatic carbocycles. The van der Waals surface area contributed by atoms with Crippen molar-refractivity contribution in [2.45, 2.75) is 38.5 Å². The highest BCUT2D eigenvalue weighted by Crippen LogP contribution is 2.36. The number of pyridine rings is 2. The molecule has 6 heteroatoms. The first-order chi connectivity index (χ1) is 13.7. The van der Waals surface area contributed by atoms with Gasteiger partial charge in [0, 0.05) is 49.3 Å². The molecule has 1 unspecified atom stereocenters. The minimum atomic E-state index is 0.236. The van der Waals surface area contributed by atoms with Crippen molar-refractivity contribution >= 4 is 28.0 Å². The van der Waals surface area contributed by atoms with Gasteiger partial charge in [-0.05, 0) is 49.1 Å². The highest BCUT2D eigenvalue weighted by atomic mass is 16.2. The van der Waals surface area contributed by atoms with Gasteiger partial charge in [0.2, 0.25) is 0 Å². The van der Waals surface area contributed by atoms with Gasteiger partial charge in [0.05, 0.1) is 11.7 Å². The second kappa shape index (κ2) is 7.08. The number of aromatic amines is 1. The molecule has 1 N–H and O–H groups in total. The first-order valence-corrected chi connectivity index (χ1v) is 10.5. The molecular weight excluding hydrogens is 350 g/mol. The summed E-state index contributed by atoms with van der Waals surface area (Å²) in [6.45, 7) is 5.73. The Labute approximate surface area is 164 Å². The zero-order chi connectivity index (χ0) is 19.1. The molecule has 0 bridgehead atoms. The van der Waals surface area contributed by atoms with Crippen molar-refractivity contribution in [3.8, 4) is 0 Å². The van der Waals surface area contributed by atoms with Crippen LogP contribution in [0.15, 0.2) is 30.7 Å². The minimum Gasteiger partial charge on any atom is -0.346 e. The number of amides is 2. The van der Waals surface area contributed by atoms with Gasteiger partial charge in [-0.3, -0.25) is 4.98 Å². The highest BCUT2D eigenvalue weighted by molar-refractivity contribution is 6.05. The first kappa shape index (κ1) is 17.5. The molecule has 5 heterocycles. The second-order valence-corrected chi connectivity index (χ2v) is 8.40. The Morgan fingerprint density at radius 3 is 2.82 bits per heavy atom. The predicted octanol–water partition coefficient (Wildman–Crippen LogP) is 4.14. The predicted molar refractivity (Wildman–Crippen MR) is 110 cm³/mol. The number of hydrogen-bond acceptors (Lipinski definition) is 3. The Bertz CT molecular complexity index is 1000. The van der Waals surface area contributed by atoms with E-state index in [2.05, 4.69) is 43.9 Å². The molecule has 2 aliphatic rings. The largest absolute Gasteiger partial charge is 0.346 e. The minimum absolute atomic E-state index is 0.236. The van der Waals surface area contributed by atoms with Gasteiger partial charge < -0.3 is 14.8 Å². The van der Waals surface area contributed by atoms with Crippen LogP contribution in [0.2, 0.25) is 0 Å². The van der Waals surface area contributed by atoms with E-state index in [1.165, 1.54) is 17.4 Å². The summed E-state index contributed by atoms with van der Waals surface area (Å²) in [4.78, 5) is 29.4. The van der Waals surface area contributed by atoms with Gasteiger partial charge in [-0.15, -0.1) is 0 Å². The van der Waals surface area contributed by atoms with E-state index in [1.807, 2.05) is 18.5 Å². The van der Waals surface area contributed by atoms with Crippen LogP contribution in [0.4, 0.5) is 4.79 Å². The van der Waals surface area contributed by atoms with E-state index in [0.29, 0.717) is 11.8 Å².